The van der Waals surface area contributed by atoms with Crippen molar-refractivity contribution in [3.63, 3.8) is 0 Å². The van der Waals surface area contributed by atoms with E-state index in [9.17, 15) is 0 Å². The van der Waals surface area contributed by atoms with Crippen molar-refractivity contribution in [3.8, 4) is 6.01 Å². The van der Waals surface area contributed by atoms with E-state index in [1.54, 1.807) is 22.7 Å². The van der Waals surface area contributed by atoms with Gasteiger partial charge in [0.05, 0.1) is 32.4 Å². The molecule has 1 fully saturated rings. The Labute approximate surface area is 178 Å². The third kappa shape index (κ3) is 3.29. The highest BCUT2D eigenvalue weighted by atomic mass is 32.1. The number of nitrogens with zero attached hydrogens (tertiary/aromatic N) is 3. The van der Waals surface area contributed by atoms with Crippen LogP contribution in [0.25, 0.3) is 15.9 Å². The van der Waals surface area contributed by atoms with E-state index < -0.39 is 0 Å². The summed E-state index contributed by atoms with van der Waals surface area (Å²) in [6.45, 7) is 10.9. The zero-order chi connectivity index (χ0) is 20.0. The largest absolute Gasteiger partial charge is 0.464 e. The molecule has 29 heavy (non-hydrogen) atoms. The number of anilines is 2. The lowest BCUT2D eigenvalue weighted by Crippen LogP contribution is -2.44. The number of fused-ring (bicyclic) bond motifs is 3. The molecule has 152 valence electrons. The van der Waals surface area contributed by atoms with E-state index >= 15 is 0 Å². The minimum Gasteiger partial charge on any atom is -0.464 e. The van der Waals surface area contributed by atoms with Crippen LogP contribution in [-0.2, 0) is 5.41 Å². The third-order valence-electron chi connectivity index (χ3n) is 5.37. The van der Waals surface area contributed by atoms with Crippen LogP contribution in [0.3, 0.4) is 0 Å². The molecule has 5 heterocycles. The van der Waals surface area contributed by atoms with E-state index in [4.69, 9.17) is 14.7 Å². The van der Waals surface area contributed by atoms with Gasteiger partial charge in [0.25, 0.3) is 0 Å². The predicted molar refractivity (Wildman–Crippen MR) is 123 cm³/mol. The van der Waals surface area contributed by atoms with Gasteiger partial charge in [-0.15, -0.1) is 22.7 Å². The Morgan fingerprint density at radius 2 is 2.07 bits per heavy atom. The van der Waals surface area contributed by atoms with Gasteiger partial charge in [-0.2, -0.15) is 9.97 Å². The minimum atomic E-state index is -0.142. The Morgan fingerprint density at radius 3 is 2.79 bits per heavy atom. The monoisotopic (exact) mass is 427 g/mol. The summed E-state index contributed by atoms with van der Waals surface area (Å²) in [6.07, 6.45) is 2.32. The van der Waals surface area contributed by atoms with Gasteiger partial charge in [-0.3, -0.25) is 0 Å². The Kier molecular flexibility index (Phi) is 4.72. The van der Waals surface area contributed by atoms with Gasteiger partial charge in [-0.1, -0.05) is 19.9 Å². The summed E-state index contributed by atoms with van der Waals surface area (Å²) in [5.41, 5.74) is 3.27. The molecular weight excluding hydrogens is 402 g/mol. The number of allylic oxidation sites excluding steroid dienone is 1. The molecule has 2 N–H and O–H groups in total. The summed E-state index contributed by atoms with van der Waals surface area (Å²) < 4.78 is 6.90. The Balaban J connectivity index is 1.68. The highest BCUT2D eigenvalue weighted by Crippen LogP contribution is 2.50. The molecule has 3 aromatic heterocycles. The number of hydrogen-bond donors (Lipinski definition) is 2. The van der Waals surface area contributed by atoms with Crippen LogP contribution in [0.15, 0.2) is 23.6 Å². The molecule has 0 radical (unpaired) electrons. The summed E-state index contributed by atoms with van der Waals surface area (Å²) >= 11 is 3.52. The first-order valence-corrected chi connectivity index (χ1v) is 11.7. The number of rotatable bonds is 4. The fraction of sp³-hybridized carbons (Fsp3) is 0.429. The van der Waals surface area contributed by atoms with Crippen LogP contribution >= 0.6 is 22.7 Å². The van der Waals surface area contributed by atoms with Crippen LogP contribution in [0.2, 0.25) is 0 Å². The van der Waals surface area contributed by atoms with Gasteiger partial charge in [0.1, 0.15) is 0 Å². The van der Waals surface area contributed by atoms with E-state index in [1.165, 1.54) is 16.1 Å². The van der Waals surface area contributed by atoms with Crippen LogP contribution in [-0.4, -0.2) is 42.8 Å². The number of thiophene rings is 2. The molecule has 8 heteroatoms. The molecule has 0 bridgehead atoms. The molecule has 0 aliphatic carbocycles. The van der Waals surface area contributed by atoms with E-state index in [2.05, 4.69) is 53.0 Å². The fourth-order valence-corrected chi connectivity index (χ4v) is 6.10. The van der Waals surface area contributed by atoms with Gasteiger partial charge in [0.2, 0.25) is 0 Å². The number of nitrogens with one attached hydrogen (secondary N) is 2. The second-order valence-corrected chi connectivity index (χ2v) is 9.83. The number of aromatic nitrogens is 2. The second kappa shape index (κ2) is 7.27. The lowest BCUT2D eigenvalue weighted by Gasteiger charge is -2.29. The number of piperazine rings is 1. The van der Waals surface area contributed by atoms with Gasteiger partial charge in [0.15, 0.2) is 5.82 Å². The van der Waals surface area contributed by atoms with Crippen molar-refractivity contribution >= 4 is 49.4 Å². The standard InChI is InChI=1S/C21H25N5OS2/c1-4-27-20-24-16-15-19(23-13(12-21(15,2)3)14-6-5-11-28-14)29-17(16)18(25-20)26-9-7-22-8-10-26/h5-6,11-12,22-23H,4,7-10H2,1-3H3. The summed E-state index contributed by atoms with van der Waals surface area (Å²) in [7, 11) is 0. The van der Waals surface area contributed by atoms with Crippen molar-refractivity contribution < 1.29 is 4.74 Å². The van der Waals surface area contributed by atoms with Crippen LogP contribution in [0.4, 0.5) is 10.8 Å². The van der Waals surface area contributed by atoms with Crippen LogP contribution in [0.1, 0.15) is 31.2 Å². The molecule has 0 saturated carbocycles. The van der Waals surface area contributed by atoms with E-state index in [0.29, 0.717) is 12.6 Å². The van der Waals surface area contributed by atoms with Gasteiger partial charge in [0, 0.05) is 37.2 Å². The Morgan fingerprint density at radius 1 is 1.24 bits per heavy atom. The molecule has 2 aliphatic heterocycles. The molecule has 0 amide bonds. The van der Waals surface area contributed by atoms with Crippen LogP contribution in [0.5, 0.6) is 6.01 Å². The topological polar surface area (TPSA) is 62.3 Å². The zero-order valence-corrected chi connectivity index (χ0v) is 18.5. The van der Waals surface area contributed by atoms with Crippen LogP contribution < -0.4 is 20.3 Å². The highest BCUT2D eigenvalue weighted by Gasteiger charge is 2.34. The van der Waals surface area contributed by atoms with Crippen molar-refractivity contribution in [1.82, 2.24) is 15.3 Å². The van der Waals surface area contributed by atoms with Crippen molar-refractivity contribution in [3.05, 3.63) is 34.0 Å². The Hall–Kier alpha value is -2.16. The van der Waals surface area contributed by atoms with E-state index in [0.717, 1.165) is 47.2 Å². The highest BCUT2D eigenvalue weighted by molar-refractivity contribution is 7.23. The van der Waals surface area contributed by atoms with Crippen molar-refractivity contribution in [2.75, 3.05) is 43.0 Å². The van der Waals surface area contributed by atoms with Crippen LogP contribution in [0, 0.1) is 0 Å². The second-order valence-electron chi connectivity index (χ2n) is 7.87. The quantitative estimate of drug-likeness (QED) is 0.647. The first-order valence-electron chi connectivity index (χ1n) is 10.0. The fourth-order valence-electron chi connectivity index (χ4n) is 4.07. The minimum absolute atomic E-state index is 0.142. The van der Waals surface area contributed by atoms with Gasteiger partial charge in [-0.25, -0.2) is 0 Å². The van der Waals surface area contributed by atoms with Gasteiger partial charge in [-0.05, 0) is 24.4 Å². The zero-order valence-electron chi connectivity index (χ0n) is 16.9. The molecule has 1 saturated heterocycles. The van der Waals surface area contributed by atoms with Crippen molar-refractivity contribution in [1.29, 1.82) is 0 Å². The summed E-state index contributed by atoms with van der Waals surface area (Å²) in [5, 5.41) is 10.4. The average molecular weight is 428 g/mol. The van der Waals surface area contributed by atoms with E-state index in [-0.39, 0.29) is 5.41 Å². The molecule has 5 rings (SSSR count). The van der Waals surface area contributed by atoms with Gasteiger partial charge < -0.3 is 20.3 Å². The maximum Gasteiger partial charge on any atom is 0.319 e. The van der Waals surface area contributed by atoms with E-state index in [1.807, 2.05) is 6.92 Å². The lowest BCUT2D eigenvalue weighted by atomic mass is 9.82. The molecule has 0 atom stereocenters. The number of hydrogen-bond acceptors (Lipinski definition) is 8. The first-order chi connectivity index (χ1) is 14.1. The molecular formula is C21H25N5OS2. The normalized spacial score (nSPS) is 18.3. The smallest absolute Gasteiger partial charge is 0.319 e. The number of ether oxygens (including phenoxy) is 1. The molecule has 3 aromatic rings. The summed E-state index contributed by atoms with van der Waals surface area (Å²) in [6, 6.07) is 4.73. The van der Waals surface area contributed by atoms with Crippen molar-refractivity contribution in [2.24, 2.45) is 0 Å². The van der Waals surface area contributed by atoms with Crippen molar-refractivity contribution in [2.45, 2.75) is 26.2 Å². The third-order valence-corrected chi connectivity index (χ3v) is 7.36. The van der Waals surface area contributed by atoms with Gasteiger partial charge >= 0.3 is 6.01 Å². The summed E-state index contributed by atoms with van der Waals surface area (Å²) in [5.74, 6) is 0.995. The lowest BCUT2D eigenvalue weighted by molar-refractivity contribution is 0.314. The SMILES string of the molecule is CCOc1nc(N2CCNCC2)c2sc3c(c2n1)C(C)(C)C=C(c1cccs1)N3. The molecule has 0 spiro atoms. The summed E-state index contributed by atoms with van der Waals surface area (Å²) in [4.78, 5) is 13.3. The molecule has 0 aromatic carbocycles. The predicted octanol–water partition coefficient (Wildman–Crippen LogP) is 4.31. The average Bonchev–Trinajstić information content (AvgIpc) is 3.36. The Bertz CT molecular complexity index is 1060. The molecule has 0 unspecified atom stereocenters. The first kappa shape index (κ1) is 18.8. The molecule has 6 nitrogen and oxygen atoms in total. The maximum atomic E-state index is 5.76. The molecule has 2 aliphatic rings. The maximum absolute atomic E-state index is 5.76.